The lowest BCUT2D eigenvalue weighted by atomic mass is 10.0. The first-order valence-corrected chi connectivity index (χ1v) is 7.29. The second kappa shape index (κ2) is 7.07. The van der Waals surface area contributed by atoms with E-state index in [4.69, 9.17) is 0 Å². The van der Waals surface area contributed by atoms with Gasteiger partial charge >= 0.3 is 5.97 Å². The third-order valence-corrected chi connectivity index (χ3v) is 3.78. The average Bonchev–Trinajstić information content (AvgIpc) is 2.52. The molecule has 2 atom stereocenters. The van der Waals surface area contributed by atoms with Crippen LogP contribution in [0, 0.1) is 11.7 Å². The molecule has 2 unspecified atom stereocenters. The van der Waals surface area contributed by atoms with Gasteiger partial charge < -0.3 is 10.0 Å². The topological polar surface area (TPSA) is 40.5 Å². The van der Waals surface area contributed by atoms with Crippen LogP contribution < -0.4 is 4.90 Å². The second-order valence-corrected chi connectivity index (χ2v) is 5.46. The fourth-order valence-electron chi connectivity index (χ4n) is 2.43. The monoisotopic (exact) mass is 301 g/mol. The highest BCUT2D eigenvalue weighted by Crippen LogP contribution is 2.28. The number of nitrogens with zero attached hydrogens (tertiary/aromatic N) is 1. The fourth-order valence-corrected chi connectivity index (χ4v) is 2.43. The second-order valence-electron chi connectivity index (χ2n) is 5.46. The van der Waals surface area contributed by atoms with Crippen LogP contribution in [0.3, 0.4) is 0 Å². The third-order valence-electron chi connectivity index (χ3n) is 3.78. The van der Waals surface area contributed by atoms with Crippen molar-refractivity contribution in [3.63, 3.8) is 0 Å². The summed E-state index contributed by atoms with van der Waals surface area (Å²) in [5, 5.41) is 9.18. The zero-order chi connectivity index (χ0) is 16.1. The molecule has 2 aromatic carbocycles. The number of halogens is 1. The molecule has 0 amide bonds. The Bertz CT molecular complexity index is 630. The highest BCUT2D eigenvalue weighted by molar-refractivity contribution is 5.70. The molecule has 0 aromatic heterocycles. The highest BCUT2D eigenvalue weighted by atomic mass is 19.1. The van der Waals surface area contributed by atoms with E-state index >= 15 is 0 Å². The van der Waals surface area contributed by atoms with Crippen molar-refractivity contribution < 1.29 is 14.3 Å². The van der Waals surface area contributed by atoms with Crippen LogP contribution in [0.1, 0.15) is 25.5 Å². The van der Waals surface area contributed by atoms with Crippen LogP contribution in [-0.2, 0) is 4.79 Å². The van der Waals surface area contributed by atoms with E-state index in [0.717, 1.165) is 5.56 Å². The number of anilines is 1. The molecule has 1 N–H and O–H groups in total. The largest absolute Gasteiger partial charge is 0.481 e. The van der Waals surface area contributed by atoms with Crippen LogP contribution in [-0.4, -0.2) is 17.6 Å². The van der Waals surface area contributed by atoms with Crippen molar-refractivity contribution in [2.24, 2.45) is 5.92 Å². The first-order valence-electron chi connectivity index (χ1n) is 7.29. The van der Waals surface area contributed by atoms with Gasteiger partial charge in [0.25, 0.3) is 0 Å². The van der Waals surface area contributed by atoms with Gasteiger partial charge in [-0.25, -0.2) is 4.39 Å². The number of hydrogen-bond acceptors (Lipinski definition) is 2. The lowest BCUT2D eigenvalue weighted by Crippen LogP contribution is -2.34. The molecule has 22 heavy (non-hydrogen) atoms. The van der Waals surface area contributed by atoms with E-state index in [0.29, 0.717) is 12.2 Å². The summed E-state index contributed by atoms with van der Waals surface area (Å²) in [4.78, 5) is 13.1. The minimum absolute atomic E-state index is 0.0511. The quantitative estimate of drug-likeness (QED) is 0.872. The first-order chi connectivity index (χ1) is 10.5. The Balaban J connectivity index is 2.34. The Labute approximate surface area is 130 Å². The molecule has 0 aliphatic carbocycles. The SMILES string of the molecule is CC(CN(c1cccc(F)c1)C(C)c1ccccc1)C(=O)O. The molecule has 0 radical (unpaired) electrons. The van der Waals surface area contributed by atoms with Crippen molar-refractivity contribution in [1.82, 2.24) is 0 Å². The molecule has 0 aliphatic heterocycles. The summed E-state index contributed by atoms with van der Waals surface area (Å²) in [6, 6.07) is 16.0. The number of carboxylic acid groups (broad SMARTS) is 1. The molecular formula is C18H20FNO2. The van der Waals surface area contributed by atoms with E-state index in [9.17, 15) is 14.3 Å². The summed E-state index contributed by atoms with van der Waals surface area (Å²) in [7, 11) is 0. The standard InChI is InChI=1S/C18H20FNO2/c1-13(18(21)22)12-20(17-10-6-9-16(19)11-17)14(2)15-7-4-3-5-8-15/h3-11,13-14H,12H2,1-2H3,(H,21,22). The van der Waals surface area contributed by atoms with Gasteiger partial charge in [-0.3, -0.25) is 4.79 Å². The van der Waals surface area contributed by atoms with E-state index in [2.05, 4.69) is 0 Å². The highest BCUT2D eigenvalue weighted by Gasteiger charge is 2.22. The van der Waals surface area contributed by atoms with Crippen LogP contribution in [0.2, 0.25) is 0 Å². The summed E-state index contributed by atoms with van der Waals surface area (Å²) in [6.07, 6.45) is 0. The number of aliphatic carboxylic acids is 1. The zero-order valence-corrected chi connectivity index (χ0v) is 12.7. The third kappa shape index (κ3) is 3.85. The molecule has 0 saturated heterocycles. The summed E-state index contributed by atoms with van der Waals surface area (Å²) in [6.45, 7) is 3.97. The van der Waals surface area contributed by atoms with Crippen molar-refractivity contribution in [1.29, 1.82) is 0 Å². The molecule has 2 aromatic rings. The molecule has 0 fully saturated rings. The zero-order valence-electron chi connectivity index (χ0n) is 12.7. The van der Waals surface area contributed by atoms with Crippen LogP contribution in [0.15, 0.2) is 54.6 Å². The van der Waals surface area contributed by atoms with Crippen LogP contribution in [0.25, 0.3) is 0 Å². The molecule has 4 heteroatoms. The maximum absolute atomic E-state index is 13.5. The summed E-state index contributed by atoms with van der Waals surface area (Å²) in [5.41, 5.74) is 1.74. The van der Waals surface area contributed by atoms with Crippen molar-refractivity contribution in [2.45, 2.75) is 19.9 Å². The number of hydrogen-bond donors (Lipinski definition) is 1. The van der Waals surface area contributed by atoms with E-state index in [1.165, 1.54) is 12.1 Å². The van der Waals surface area contributed by atoms with Crippen molar-refractivity contribution in [2.75, 3.05) is 11.4 Å². The van der Waals surface area contributed by atoms with Gasteiger partial charge in [-0.1, -0.05) is 43.3 Å². The van der Waals surface area contributed by atoms with Crippen LogP contribution in [0.5, 0.6) is 0 Å². The Kier molecular flexibility index (Phi) is 5.15. The van der Waals surface area contributed by atoms with Gasteiger partial charge in [0.1, 0.15) is 5.82 Å². The molecule has 2 rings (SSSR count). The Morgan fingerprint density at radius 2 is 1.82 bits per heavy atom. The minimum Gasteiger partial charge on any atom is -0.481 e. The Morgan fingerprint density at radius 3 is 2.41 bits per heavy atom. The van der Waals surface area contributed by atoms with Crippen LogP contribution in [0.4, 0.5) is 10.1 Å². The maximum Gasteiger partial charge on any atom is 0.308 e. The Hall–Kier alpha value is -2.36. The predicted octanol–water partition coefficient (Wildman–Crippen LogP) is 4.11. The molecule has 0 aliphatic rings. The molecule has 0 heterocycles. The van der Waals surface area contributed by atoms with Gasteiger partial charge in [0.15, 0.2) is 0 Å². The number of carbonyl (C=O) groups is 1. The summed E-state index contributed by atoms with van der Waals surface area (Å²) >= 11 is 0. The van der Waals surface area contributed by atoms with Crippen molar-refractivity contribution in [3.8, 4) is 0 Å². The lowest BCUT2D eigenvalue weighted by Gasteiger charge is -2.33. The van der Waals surface area contributed by atoms with Crippen LogP contribution >= 0.6 is 0 Å². The molecule has 3 nitrogen and oxygen atoms in total. The molecule has 0 saturated carbocycles. The average molecular weight is 301 g/mol. The van der Waals surface area contributed by atoms with Gasteiger partial charge in [0, 0.05) is 12.2 Å². The molecule has 0 bridgehead atoms. The molecule has 0 spiro atoms. The van der Waals surface area contributed by atoms with Gasteiger partial charge in [-0.15, -0.1) is 0 Å². The van der Waals surface area contributed by atoms with Gasteiger partial charge in [0.2, 0.25) is 0 Å². The van der Waals surface area contributed by atoms with E-state index < -0.39 is 11.9 Å². The van der Waals surface area contributed by atoms with E-state index in [1.807, 2.05) is 42.2 Å². The predicted molar refractivity (Wildman–Crippen MR) is 85.4 cm³/mol. The summed E-state index contributed by atoms with van der Waals surface area (Å²) in [5.74, 6) is -1.73. The normalized spacial score (nSPS) is 13.4. The number of rotatable bonds is 6. The number of benzene rings is 2. The fraction of sp³-hybridized carbons (Fsp3) is 0.278. The smallest absolute Gasteiger partial charge is 0.308 e. The minimum atomic E-state index is -0.860. The van der Waals surface area contributed by atoms with Gasteiger partial charge in [-0.2, -0.15) is 0 Å². The number of carboxylic acids is 1. The van der Waals surface area contributed by atoms with Crippen molar-refractivity contribution in [3.05, 3.63) is 66.0 Å². The Morgan fingerprint density at radius 1 is 1.14 bits per heavy atom. The lowest BCUT2D eigenvalue weighted by molar-refractivity contribution is -0.140. The molecular weight excluding hydrogens is 281 g/mol. The van der Waals surface area contributed by atoms with E-state index in [-0.39, 0.29) is 11.9 Å². The van der Waals surface area contributed by atoms with Gasteiger partial charge in [-0.05, 0) is 30.7 Å². The maximum atomic E-state index is 13.5. The summed E-state index contributed by atoms with van der Waals surface area (Å²) < 4.78 is 13.5. The van der Waals surface area contributed by atoms with Crippen molar-refractivity contribution >= 4 is 11.7 Å². The first kappa shape index (κ1) is 16.0. The van der Waals surface area contributed by atoms with Gasteiger partial charge in [0.05, 0.1) is 12.0 Å². The van der Waals surface area contributed by atoms with E-state index in [1.54, 1.807) is 19.1 Å². The molecule has 116 valence electrons.